The van der Waals surface area contributed by atoms with Crippen molar-refractivity contribution in [2.75, 3.05) is 7.11 Å². The highest BCUT2D eigenvalue weighted by Gasteiger charge is 2.23. The zero-order chi connectivity index (χ0) is 11.3. The topological polar surface area (TPSA) is 73.1 Å². The van der Waals surface area contributed by atoms with Crippen molar-refractivity contribution in [3.05, 3.63) is 24.3 Å². The molecular formula is C10H18N4O. The van der Waals surface area contributed by atoms with E-state index in [1.54, 1.807) is 19.5 Å². The molecule has 0 fully saturated rings. The lowest BCUT2D eigenvalue weighted by molar-refractivity contribution is 0.00676. The lowest BCUT2D eigenvalue weighted by Crippen LogP contribution is -2.35. The van der Waals surface area contributed by atoms with Crippen LogP contribution in [0.25, 0.3) is 0 Å². The molecule has 0 bridgehead atoms. The minimum absolute atomic E-state index is 0.00106. The number of rotatable bonds is 5. The van der Waals surface area contributed by atoms with Gasteiger partial charge in [-0.2, -0.15) is 0 Å². The molecule has 1 rings (SSSR count). The van der Waals surface area contributed by atoms with Crippen LogP contribution < -0.4 is 11.3 Å². The molecule has 3 N–H and O–H groups in total. The first kappa shape index (κ1) is 12.0. The molecule has 0 saturated carbocycles. The van der Waals surface area contributed by atoms with E-state index in [1.165, 1.54) is 6.33 Å². The minimum atomic E-state index is -0.229. The van der Waals surface area contributed by atoms with Crippen LogP contribution in [0.3, 0.4) is 0 Å². The summed E-state index contributed by atoms with van der Waals surface area (Å²) < 4.78 is 5.36. The summed E-state index contributed by atoms with van der Waals surface area (Å²) in [6, 6.07) is 0.00106. The quantitative estimate of drug-likeness (QED) is 0.555. The Morgan fingerprint density at radius 1 is 1.47 bits per heavy atom. The van der Waals surface area contributed by atoms with E-state index in [0.29, 0.717) is 0 Å². The van der Waals surface area contributed by atoms with E-state index < -0.39 is 0 Å². The molecule has 1 atom stereocenters. The average molecular weight is 210 g/mol. The number of nitrogens with two attached hydrogens (primary N) is 1. The molecule has 0 aliphatic heterocycles. The Morgan fingerprint density at radius 3 is 2.53 bits per heavy atom. The standard InChI is InChI=1S/C10H18N4O/c1-10(2,15-3)4-9(14-11)8-5-12-7-13-6-8/h5-7,9,14H,4,11H2,1-3H3. The van der Waals surface area contributed by atoms with Gasteiger partial charge in [0.1, 0.15) is 6.33 Å². The van der Waals surface area contributed by atoms with Crippen molar-refractivity contribution < 1.29 is 4.74 Å². The molecule has 5 heteroatoms. The van der Waals surface area contributed by atoms with Crippen LogP contribution in [0.2, 0.25) is 0 Å². The van der Waals surface area contributed by atoms with Gasteiger partial charge >= 0.3 is 0 Å². The van der Waals surface area contributed by atoms with Gasteiger partial charge < -0.3 is 4.74 Å². The monoisotopic (exact) mass is 210 g/mol. The van der Waals surface area contributed by atoms with Gasteiger partial charge in [-0.3, -0.25) is 11.3 Å². The minimum Gasteiger partial charge on any atom is -0.379 e. The normalized spacial score (nSPS) is 13.9. The number of hydrogen-bond donors (Lipinski definition) is 2. The van der Waals surface area contributed by atoms with Gasteiger partial charge in [0.25, 0.3) is 0 Å². The third-order valence-corrected chi connectivity index (χ3v) is 2.43. The highest BCUT2D eigenvalue weighted by Crippen LogP contribution is 2.24. The fourth-order valence-corrected chi connectivity index (χ4v) is 1.34. The molecule has 0 spiro atoms. The molecule has 1 unspecified atom stereocenters. The SMILES string of the molecule is COC(C)(C)CC(NN)c1cncnc1. The smallest absolute Gasteiger partial charge is 0.115 e. The number of nitrogens with one attached hydrogen (secondary N) is 1. The predicted molar refractivity (Wildman–Crippen MR) is 57.8 cm³/mol. The number of aromatic nitrogens is 2. The molecule has 0 aliphatic carbocycles. The second-order valence-electron chi connectivity index (χ2n) is 4.06. The second-order valence-corrected chi connectivity index (χ2v) is 4.06. The number of nitrogens with zero attached hydrogens (tertiary/aromatic N) is 2. The van der Waals surface area contributed by atoms with E-state index in [1.807, 2.05) is 13.8 Å². The van der Waals surface area contributed by atoms with Crippen molar-refractivity contribution in [2.45, 2.75) is 31.9 Å². The van der Waals surface area contributed by atoms with E-state index in [4.69, 9.17) is 10.6 Å². The highest BCUT2D eigenvalue weighted by atomic mass is 16.5. The van der Waals surface area contributed by atoms with Crippen molar-refractivity contribution in [1.29, 1.82) is 0 Å². The van der Waals surface area contributed by atoms with Crippen molar-refractivity contribution in [2.24, 2.45) is 5.84 Å². The fraction of sp³-hybridized carbons (Fsp3) is 0.600. The Morgan fingerprint density at radius 2 is 2.07 bits per heavy atom. The molecule has 0 radical (unpaired) electrons. The highest BCUT2D eigenvalue weighted by molar-refractivity contribution is 5.09. The maximum absolute atomic E-state index is 5.51. The van der Waals surface area contributed by atoms with Gasteiger partial charge in [0, 0.05) is 25.1 Å². The molecule has 1 aromatic rings. The van der Waals surface area contributed by atoms with Crippen LogP contribution in [0.1, 0.15) is 31.9 Å². The van der Waals surface area contributed by atoms with Crippen LogP contribution in [0, 0.1) is 0 Å². The number of hydrazine groups is 1. The predicted octanol–water partition coefficient (Wildman–Crippen LogP) is 0.796. The summed E-state index contributed by atoms with van der Waals surface area (Å²) in [6.45, 7) is 4.03. The number of hydrogen-bond acceptors (Lipinski definition) is 5. The zero-order valence-electron chi connectivity index (χ0n) is 9.40. The van der Waals surface area contributed by atoms with Crippen LogP contribution in [0.15, 0.2) is 18.7 Å². The molecule has 0 saturated heterocycles. The van der Waals surface area contributed by atoms with Gasteiger partial charge in [0.05, 0.1) is 11.6 Å². The van der Waals surface area contributed by atoms with Crippen LogP contribution in [0.5, 0.6) is 0 Å². The van der Waals surface area contributed by atoms with E-state index in [-0.39, 0.29) is 11.6 Å². The Kier molecular flexibility index (Phi) is 4.14. The lowest BCUT2D eigenvalue weighted by atomic mass is 9.95. The molecule has 0 amide bonds. The van der Waals surface area contributed by atoms with Gasteiger partial charge in [-0.05, 0) is 20.3 Å². The van der Waals surface area contributed by atoms with Crippen LogP contribution in [0.4, 0.5) is 0 Å². The third kappa shape index (κ3) is 3.54. The zero-order valence-corrected chi connectivity index (χ0v) is 9.40. The van der Waals surface area contributed by atoms with Gasteiger partial charge in [0.2, 0.25) is 0 Å². The first-order valence-electron chi connectivity index (χ1n) is 4.85. The first-order chi connectivity index (χ1) is 7.09. The maximum Gasteiger partial charge on any atom is 0.115 e. The number of ether oxygens (including phenoxy) is 1. The summed E-state index contributed by atoms with van der Waals surface area (Å²) in [7, 11) is 1.69. The molecule has 15 heavy (non-hydrogen) atoms. The summed E-state index contributed by atoms with van der Waals surface area (Å²) in [5, 5.41) is 0. The van der Waals surface area contributed by atoms with Crippen LogP contribution in [-0.4, -0.2) is 22.7 Å². The summed E-state index contributed by atoms with van der Waals surface area (Å²) in [5.41, 5.74) is 3.48. The van der Waals surface area contributed by atoms with Gasteiger partial charge in [-0.15, -0.1) is 0 Å². The lowest BCUT2D eigenvalue weighted by Gasteiger charge is -2.28. The molecule has 1 heterocycles. The Labute approximate surface area is 90.0 Å². The van der Waals surface area contributed by atoms with Gasteiger partial charge in [-0.1, -0.05) is 0 Å². The summed E-state index contributed by atoms with van der Waals surface area (Å²) >= 11 is 0. The average Bonchev–Trinajstić information content (AvgIpc) is 2.27. The van der Waals surface area contributed by atoms with E-state index in [9.17, 15) is 0 Å². The van der Waals surface area contributed by atoms with Crippen LogP contribution in [-0.2, 0) is 4.74 Å². The Bertz CT molecular complexity index is 289. The van der Waals surface area contributed by atoms with Crippen molar-refractivity contribution in [1.82, 2.24) is 15.4 Å². The van der Waals surface area contributed by atoms with Crippen molar-refractivity contribution >= 4 is 0 Å². The van der Waals surface area contributed by atoms with E-state index in [2.05, 4.69) is 15.4 Å². The molecule has 5 nitrogen and oxygen atoms in total. The molecular weight excluding hydrogens is 192 g/mol. The molecule has 84 valence electrons. The van der Waals surface area contributed by atoms with Crippen molar-refractivity contribution in [3.63, 3.8) is 0 Å². The largest absolute Gasteiger partial charge is 0.379 e. The third-order valence-electron chi connectivity index (χ3n) is 2.43. The van der Waals surface area contributed by atoms with E-state index in [0.717, 1.165) is 12.0 Å². The second kappa shape index (κ2) is 5.16. The van der Waals surface area contributed by atoms with E-state index >= 15 is 0 Å². The maximum atomic E-state index is 5.51. The van der Waals surface area contributed by atoms with Gasteiger partial charge in [0.15, 0.2) is 0 Å². The summed E-state index contributed by atoms with van der Waals surface area (Å²) in [5.74, 6) is 5.51. The van der Waals surface area contributed by atoms with Gasteiger partial charge in [-0.25, -0.2) is 9.97 Å². The Balaban J connectivity index is 2.73. The molecule has 0 aromatic carbocycles. The summed E-state index contributed by atoms with van der Waals surface area (Å²) in [6.07, 6.45) is 5.76. The first-order valence-corrected chi connectivity index (χ1v) is 4.85. The van der Waals surface area contributed by atoms with Crippen LogP contribution >= 0.6 is 0 Å². The van der Waals surface area contributed by atoms with Crippen molar-refractivity contribution in [3.8, 4) is 0 Å². The molecule has 1 aromatic heterocycles. The summed E-state index contributed by atoms with van der Waals surface area (Å²) in [4.78, 5) is 7.92. The number of methoxy groups -OCH3 is 1. The Hall–Kier alpha value is -1.04. The fourth-order valence-electron chi connectivity index (χ4n) is 1.34. The molecule has 0 aliphatic rings.